The van der Waals surface area contributed by atoms with Gasteiger partial charge in [0.15, 0.2) is 0 Å². The Morgan fingerprint density at radius 1 is 1.25 bits per heavy atom. The molecule has 0 aliphatic rings. The van der Waals surface area contributed by atoms with Gasteiger partial charge in [0.05, 0.1) is 24.5 Å². The molecule has 2 rings (SSSR count). The van der Waals surface area contributed by atoms with Crippen LogP contribution in [0, 0.1) is 0 Å². The van der Waals surface area contributed by atoms with Crippen molar-refractivity contribution in [3.05, 3.63) is 42.4 Å². The van der Waals surface area contributed by atoms with Gasteiger partial charge < -0.3 is 20.4 Å². The SMILES string of the molecule is CCOC(=O)NCC(=O)N[C@H](CC)c1ncc(-c2ccccc2)[nH]1. The standard InChI is InChI=1S/C17H22N4O3/c1-3-13(20-15(22)11-19-17(23)24-4-2)16-18-10-14(21-16)12-8-6-5-7-9-12/h5-10,13H,3-4,11H2,1-2H3,(H,18,21)(H,19,23)(H,20,22)/t13-/m1/s1. The number of carbonyl (C=O) groups is 2. The van der Waals surface area contributed by atoms with Gasteiger partial charge in [-0.05, 0) is 18.9 Å². The Balaban J connectivity index is 1.95. The van der Waals surface area contributed by atoms with Crippen LogP contribution in [0.3, 0.4) is 0 Å². The maximum Gasteiger partial charge on any atom is 0.407 e. The number of hydrogen-bond acceptors (Lipinski definition) is 4. The van der Waals surface area contributed by atoms with Crippen LogP contribution >= 0.6 is 0 Å². The first kappa shape index (κ1) is 17.5. The van der Waals surface area contributed by atoms with E-state index < -0.39 is 6.09 Å². The summed E-state index contributed by atoms with van der Waals surface area (Å²) < 4.78 is 4.71. The van der Waals surface area contributed by atoms with Gasteiger partial charge in [0.1, 0.15) is 12.4 Å². The zero-order valence-corrected chi connectivity index (χ0v) is 13.8. The molecule has 3 N–H and O–H groups in total. The molecule has 0 aliphatic carbocycles. The molecule has 0 bridgehead atoms. The number of H-pyrrole nitrogens is 1. The lowest BCUT2D eigenvalue weighted by Crippen LogP contribution is -2.39. The van der Waals surface area contributed by atoms with E-state index in [0.717, 1.165) is 11.3 Å². The summed E-state index contributed by atoms with van der Waals surface area (Å²) in [4.78, 5) is 30.7. The summed E-state index contributed by atoms with van der Waals surface area (Å²) in [5, 5.41) is 5.23. The van der Waals surface area contributed by atoms with Gasteiger partial charge in [-0.15, -0.1) is 0 Å². The molecule has 24 heavy (non-hydrogen) atoms. The average molecular weight is 330 g/mol. The van der Waals surface area contributed by atoms with Crippen LogP contribution in [0.15, 0.2) is 36.5 Å². The van der Waals surface area contributed by atoms with Crippen LogP contribution in [-0.2, 0) is 9.53 Å². The molecule has 1 atom stereocenters. The zero-order valence-electron chi connectivity index (χ0n) is 13.8. The van der Waals surface area contributed by atoms with Crippen LogP contribution in [0.2, 0.25) is 0 Å². The highest BCUT2D eigenvalue weighted by Crippen LogP contribution is 2.20. The Morgan fingerprint density at radius 2 is 2.00 bits per heavy atom. The summed E-state index contributed by atoms with van der Waals surface area (Å²) in [5.74, 6) is 0.383. The molecular weight excluding hydrogens is 308 g/mol. The van der Waals surface area contributed by atoms with Crippen LogP contribution < -0.4 is 10.6 Å². The number of hydrogen-bond donors (Lipinski definition) is 3. The van der Waals surface area contributed by atoms with Gasteiger partial charge in [0.25, 0.3) is 0 Å². The van der Waals surface area contributed by atoms with Crippen LogP contribution in [0.5, 0.6) is 0 Å². The van der Waals surface area contributed by atoms with Gasteiger partial charge in [-0.3, -0.25) is 4.79 Å². The molecule has 1 aromatic carbocycles. The fraction of sp³-hybridized carbons (Fsp3) is 0.353. The first-order valence-corrected chi connectivity index (χ1v) is 7.94. The highest BCUT2D eigenvalue weighted by molar-refractivity contribution is 5.82. The number of imidazole rings is 1. The minimum Gasteiger partial charge on any atom is -0.450 e. The molecule has 2 aromatic rings. The molecule has 1 heterocycles. The molecule has 2 amide bonds. The third-order valence-corrected chi connectivity index (χ3v) is 3.42. The first-order valence-electron chi connectivity index (χ1n) is 7.94. The summed E-state index contributed by atoms with van der Waals surface area (Å²) in [6.07, 6.45) is 1.81. The number of benzene rings is 1. The number of aromatic nitrogens is 2. The van der Waals surface area contributed by atoms with Crippen molar-refractivity contribution < 1.29 is 14.3 Å². The lowest BCUT2D eigenvalue weighted by molar-refractivity contribution is -0.121. The Hall–Kier alpha value is -2.83. The van der Waals surface area contributed by atoms with Crippen molar-refractivity contribution in [2.75, 3.05) is 13.2 Å². The lowest BCUT2D eigenvalue weighted by atomic mass is 10.2. The number of alkyl carbamates (subject to hydrolysis) is 1. The van der Waals surface area contributed by atoms with E-state index in [9.17, 15) is 9.59 Å². The Kier molecular flexibility index (Phi) is 6.36. The third kappa shape index (κ3) is 4.84. The summed E-state index contributed by atoms with van der Waals surface area (Å²) >= 11 is 0. The molecule has 0 unspecified atom stereocenters. The lowest BCUT2D eigenvalue weighted by Gasteiger charge is -2.15. The molecule has 128 valence electrons. The predicted molar refractivity (Wildman–Crippen MR) is 90.2 cm³/mol. The summed E-state index contributed by atoms with van der Waals surface area (Å²) in [6, 6.07) is 9.58. The maximum absolute atomic E-state index is 11.9. The minimum atomic E-state index is -0.606. The third-order valence-electron chi connectivity index (χ3n) is 3.42. The van der Waals surface area contributed by atoms with Crippen LogP contribution in [0.1, 0.15) is 32.1 Å². The average Bonchev–Trinajstić information content (AvgIpc) is 3.09. The van der Waals surface area contributed by atoms with Gasteiger partial charge in [-0.25, -0.2) is 9.78 Å². The molecule has 1 aromatic heterocycles. The van der Waals surface area contributed by atoms with Gasteiger partial charge in [-0.1, -0.05) is 37.3 Å². The molecule has 0 saturated heterocycles. The van der Waals surface area contributed by atoms with Gasteiger partial charge in [-0.2, -0.15) is 0 Å². The van der Waals surface area contributed by atoms with Crippen molar-refractivity contribution >= 4 is 12.0 Å². The van der Waals surface area contributed by atoms with E-state index in [2.05, 4.69) is 20.6 Å². The van der Waals surface area contributed by atoms with Gasteiger partial charge in [0.2, 0.25) is 5.91 Å². The summed E-state index contributed by atoms with van der Waals surface area (Å²) in [7, 11) is 0. The summed E-state index contributed by atoms with van der Waals surface area (Å²) in [6.45, 7) is 3.78. The number of amides is 2. The zero-order chi connectivity index (χ0) is 17.4. The van der Waals surface area contributed by atoms with Crippen LogP contribution in [-0.4, -0.2) is 35.1 Å². The van der Waals surface area contributed by atoms with Crippen molar-refractivity contribution in [2.24, 2.45) is 0 Å². The van der Waals surface area contributed by atoms with Crippen molar-refractivity contribution in [2.45, 2.75) is 26.3 Å². The van der Waals surface area contributed by atoms with E-state index in [-0.39, 0.29) is 25.1 Å². The second-order valence-electron chi connectivity index (χ2n) is 5.15. The fourth-order valence-corrected chi connectivity index (χ4v) is 2.22. The number of ether oxygens (including phenoxy) is 1. The quantitative estimate of drug-likeness (QED) is 0.726. The largest absolute Gasteiger partial charge is 0.450 e. The van der Waals surface area contributed by atoms with E-state index in [0.29, 0.717) is 12.2 Å². The molecule has 7 nitrogen and oxygen atoms in total. The predicted octanol–water partition coefficient (Wildman–Crippen LogP) is 2.39. The highest BCUT2D eigenvalue weighted by Gasteiger charge is 2.17. The van der Waals surface area contributed by atoms with Crippen molar-refractivity contribution in [3.8, 4) is 11.3 Å². The van der Waals surface area contributed by atoms with Gasteiger partial charge >= 0.3 is 6.09 Å². The molecule has 0 spiro atoms. The Labute approximate surface area is 140 Å². The van der Waals surface area contributed by atoms with Crippen molar-refractivity contribution in [1.29, 1.82) is 0 Å². The first-order chi connectivity index (χ1) is 11.6. The number of nitrogens with one attached hydrogen (secondary N) is 3. The Morgan fingerprint density at radius 3 is 2.67 bits per heavy atom. The van der Waals surface area contributed by atoms with Crippen LogP contribution in [0.4, 0.5) is 4.79 Å². The van der Waals surface area contributed by atoms with E-state index in [1.54, 1.807) is 13.1 Å². The maximum atomic E-state index is 11.9. The molecule has 0 radical (unpaired) electrons. The molecule has 0 saturated carbocycles. The number of nitrogens with zero attached hydrogens (tertiary/aromatic N) is 1. The second kappa shape index (κ2) is 8.71. The van der Waals surface area contributed by atoms with Crippen LogP contribution in [0.25, 0.3) is 11.3 Å². The second-order valence-corrected chi connectivity index (χ2v) is 5.15. The topological polar surface area (TPSA) is 96.1 Å². The van der Waals surface area contributed by atoms with E-state index in [1.807, 2.05) is 37.3 Å². The summed E-state index contributed by atoms with van der Waals surface area (Å²) in [5.41, 5.74) is 1.92. The number of rotatable bonds is 7. The van der Waals surface area contributed by atoms with Gasteiger partial charge in [0, 0.05) is 0 Å². The van der Waals surface area contributed by atoms with E-state index in [4.69, 9.17) is 4.74 Å². The van der Waals surface area contributed by atoms with E-state index in [1.165, 1.54) is 0 Å². The Bertz CT molecular complexity index is 669. The smallest absolute Gasteiger partial charge is 0.407 e. The minimum absolute atomic E-state index is 0.137. The van der Waals surface area contributed by atoms with E-state index >= 15 is 0 Å². The monoisotopic (exact) mass is 330 g/mol. The number of aromatic amines is 1. The van der Waals surface area contributed by atoms with Crippen molar-refractivity contribution in [1.82, 2.24) is 20.6 Å². The normalized spacial score (nSPS) is 11.6. The molecule has 7 heteroatoms. The fourth-order valence-electron chi connectivity index (χ4n) is 2.22. The molecule has 0 aliphatic heterocycles. The number of carbonyl (C=O) groups excluding carboxylic acids is 2. The molecule has 0 fully saturated rings. The highest BCUT2D eigenvalue weighted by atomic mass is 16.5. The molecular formula is C17H22N4O3. The van der Waals surface area contributed by atoms with Crippen molar-refractivity contribution in [3.63, 3.8) is 0 Å².